The van der Waals surface area contributed by atoms with Gasteiger partial charge >= 0.3 is 0 Å². The van der Waals surface area contributed by atoms with Gasteiger partial charge in [-0.2, -0.15) is 0 Å². The molecule has 2 aliphatic rings. The second-order valence-electron chi connectivity index (χ2n) is 7.70. The van der Waals surface area contributed by atoms with Gasteiger partial charge in [0, 0.05) is 38.1 Å². The summed E-state index contributed by atoms with van der Waals surface area (Å²) in [6.07, 6.45) is 4.23. The van der Waals surface area contributed by atoms with E-state index in [0.29, 0.717) is 50.3 Å². The molecule has 0 unspecified atom stereocenters. The molecule has 0 atom stereocenters. The van der Waals surface area contributed by atoms with Crippen LogP contribution in [0, 0.1) is 19.8 Å². The number of nitrogens with zero attached hydrogens (tertiary/aromatic N) is 2. The van der Waals surface area contributed by atoms with Crippen LogP contribution in [0.3, 0.4) is 0 Å². The minimum atomic E-state index is -0.113. The third kappa shape index (κ3) is 4.46. The Morgan fingerprint density at radius 2 is 1.68 bits per heavy atom. The zero-order valence-corrected chi connectivity index (χ0v) is 16.7. The highest BCUT2D eigenvalue weighted by molar-refractivity contribution is 5.95. The number of likely N-dealkylation sites (tertiary alicyclic amines) is 2. The number of amides is 3. The van der Waals surface area contributed by atoms with E-state index in [1.54, 1.807) is 17.9 Å². The number of nitrogens with one attached hydrogen (secondary N) is 1. The first-order chi connectivity index (χ1) is 13.4. The van der Waals surface area contributed by atoms with E-state index in [1.165, 1.54) is 6.08 Å². The Hall–Kier alpha value is -2.57. The summed E-state index contributed by atoms with van der Waals surface area (Å²) in [5.74, 6) is 1.34. The highest BCUT2D eigenvalue weighted by Gasteiger charge is 2.32. The molecule has 0 radical (unpaired) electrons. The maximum atomic E-state index is 12.8. The summed E-state index contributed by atoms with van der Waals surface area (Å²) in [5.41, 5.74) is 0.580. The van der Waals surface area contributed by atoms with E-state index in [0.717, 1.165) is 18.6 Å². The van der Waals surface area contributed by atoms with E-state index in [1.807, 2.05) is 11.8 Å². The topological polar surface area (TPSA) is 82.9 Å². The highest BCUT2D eigenvalue weighted by Crippen LogP contribution is 2.22. The van der Waals surface area contributed by atoms with Crippen molar-refractivity contribution in [2.45, 2.75) is 45.6 Å². The third-order valence-electron chi connectivity index (χ3n) is 5.76. The summed E-state index contributed by atoms with van der Waals surface area (Å²) < 4.78 is 5.43. The van der Waals surface area contributed by atoms with E-state index in [9.17, 15) is 14.4 Å². The lowest BCUT2D eigenvalue weighted by Crippen LogP contribution is -2.49. The number of furan rings is 1. The first-order valence-electron chi connectivity index (χ1n) is 9.97. The molecule has 152 valence electrons. The molecule has 0 aromatic carbocycles. The van der Waals surface area contributed by atoms with E-state index >= 15 is 0 Å². The molecular weight excluding hydrogens is 358 g/mol. The molecule has 1 aromatic heterocycles. The van der Waals surface area contributed by atoms with Crippen molar-refractivity contribution < 1.29 is 18.8 Å². The Bertz CT molecular complexity index is 754. The largest absolute Gasteiger partial charge is 0.466 e. The molecule has 28 heavy (non-hydrogen) atoms. The predicted octanol–water partition coefficient (Wildman–Crippen LogP) is 2.04. The molecule has 2 aliphatic heterocycles. The van der Waals surface area contributed by atoms with Gasteiger partial charge in [-0.25, -0.2) is 0 Å². The van der Waals surface area contributed by atoms with Crippen molar-refractivity contribution in [2.24, 2.45) is 5.92 Å². The summed E-state index contributed by atoms with van der Waals surface area (Å²) in [6, 6.07) is 1.82. The smallest absolute Gasteiger partial charge is 0.255 e. The molecule has 7 nitrogen and oxygen atoms in total. The fourth-order valence-electron chi connectivity index (χ4n) is 4.10. The van der Waals surface area contributed by atoms with Crippen molar-refractivity contribution in [3.63, 3.8) is 0 Å². The number of aryl methyl sites for hydroxylation is 2. The van der Waals surface area contributed by atoms with Gasteiger partial charge in [0.05, 0.1) is 5.56 Å². The monoisotopic (exact) mass is 387 g/mol. The number of carbonyl (C=O) groups is 3. The number of hydrogen-bond donors (Lipinski definition) is 1. The Morgan fingerprint density at radius 3 is 2.21 bits per heavy atom. The van der Waals surface area contributed by atoms with Crippen LogP contribution in [-0.2, 0) is 9.59 Å². The lowest BCUT2D eigenvalue weighted by Gasteiger charge is -2.37. The third-order valence-corrected chi connectivity index (χ3v) is 5.76. The van der Waals surface area contributed by atoms with Gasteiger partial charge in [-0.1, -0.05) is 6.58 Å². The second-order valence-corrected chi connectivity index (χ2v) is 7.70. The lowest BCUT2D eigenvalue weighted by atomic mass is 9.93. The summed E-state index contributed by atoms with van der Waals surface area (Å²) >= 11 is 0. The maximum absolute atomic E-state index is 12.8. The van der Waals surface area contributed by atoms with Gasteiger partial charge in [0.2, 0.25) is 11.8 Å². The number of hydrogen-bond acceptors (Lipinski definition) is 4. The van der Waals surface area contributed by atoms with E-state index in [4.69, 9.17) is 4.42 Å². The quantitative estimate of drug-likeness (QED) is 0.802. The minimum absolute atomic E-state index is 0.0171. The van der Waals surface area contributed by atoms with Crippen LogP contribution in [0.5, 0.6) is 0 Å². The highest BCUT2D eigenvalue weighted by atomic mass is 16.3. The molecule has 3 amide bonds. The van der Waals surface area contributed by atoms with Crippen molar-refractivity contribution in [1.82, 2.24) is 15.1 Å². The Balaban J connectivity index is 1.45. The van der Waals surface area contributed by atoms with Crippen LogP contribution in [-0.4, -0.2) is 59.7 Å². The van der Waals surface area contributed by atoms with Gasteiger partial charge in [0.15, 0.2) is 0 Å². The van der Waals surface area contributed by atoms with Crippen LogP contribution < -0.4 is 5.32 Å². The van der Waals surface area contributed by atoms with Gasteiger partial charge in [0.25, 0.3) is 5.91 Å². The van der Waals surface area contributed by atoms with Crippen molar-refractivity contribution in [2.75, 3.05) is 26.2 Å². The molecule has 0 spiro atoms. The Morgan fingerprint density at radius 1 is 1.07 bits per heavy atom. The molecule has 7 heteroatoms. The molecule has 0 bridgehead atoms. The average molecular weight is 387 g/mol. The van der Waals surface area contributed by atoms with Gasteiger partial charge in [-0.15, -0.1) is 0 Å². The van der Waals surface area contributed by atoms with Crippen LogP contribution in [0.1, 0.15) is 47.6 Å². The van der Waals surface area contributed by atoms with Gasteiger partial charge in [-0.3, -0.25) is 14.4 Å². The SMILES string of the molecule is C=CC(=O)N1CCC(C(=O)N2CCC(NC(=O)c3cc(C)oc3C)CC2)CC1. The lowest BCUT2D eigenvalue weighted by molar-refractivity contribution is -0.140. The molecule has 2 fully saturated rings. The van der Waals surface area contributed by atoms with Crippen LogP contribution >= 0.6 is 0 Å². The van der Waals surface area contributed by atoms with Crippen LogP contribution in [0.25, 0.3) is 0 Å². The average Bonchev–Trinajstić information content (AvgIpc) is 3.05. The van der Waals surface area contributed by atoms with Gasteiger partial charge < -0.3 is 19.5 Å². The van der Waals surface area contributed by atoms with E-state index < -0.39 is 0 Å². The Kier molecular flexibility index (Phi) is 6.21. The predicted molar refractivity (Wildman–Crippen MR) is 105 cm³/mol. The van der Waals surface area contributed by atoms with E-state index in [2.05, 4.69) is 11.9 Å². The first kappa shape index (κ1) is 20.2. The fourth-order valence-corrected chi connectivity index (χ4v) is 4.10. The summed E-state index contributed by atoms with van der Waals surface area (Å²) in [6.45, 7) is 9.65. The molecule has 0 saturated carbocycles. The summed E-state index contributed by atoms with van der Waals surface area (Å²) in [7, 11) is 0. The zero-order chi connectivity index (χ0) is 20.3. The number of piperidine rings is 2. The van der Waals surface area contributed by atoms with Crippen molar-refractivity contribution in [3.8, 4) is 0 Å². The molecule has 3 rings (SSSR count). The van der Waals surface area contributed by atoms with Gasteiger partial charge in [0.1, 0.15) is 11.5 Å². The molecule has 1 aromatic rings. The zero-order valence-electron chi connectivity index (χ0n) is 16.7. The van der Waals surface area contributed by atoms with Crippen molar-refractivity contribution in [3.05, 3.63) is 35.8 Å². The van der Waals surface area contributed by atoms with Crippen LogP contribution in [0.4, 0.5) is 0 Å². The summed E-state index contributed by atoms with van der Waals surface area (Å²) in [4.78, 5) is 40.6. The summed E-state index contributed by atoms with van der Waals surface area (Å²) in [5, 5.41) is 3.06. The fraction of sp³-hybridized carbons (Fsp3) is 0.571. The van der Waals surface area contributed by atoms with Crippen LogP contribution in [0.2, 0.25) is 0 Å². The maximum Gasteiger partial charge on any atom is 0.255 e. The molecule has 3 heterocycles. The molecule has 2 saturated heterocycles. The number of rotatable bonds is 4. The van der Waals surface area contributed by atoms with Crippen molar-refractivity contribution in [1.29, 1.82) is 0 Å². The van der Waals surface area contributed by atoms with Crippen LogP contribution in [0.15, 0.2) is 23.1 Å². The van der Waals surface area contributed by atoms with E-state index in [-0.39, 0.29) is 29.7 Å². The Labute approximate surface area is 165 Å². The second kappa shape index (κ2) is 8.63. The number of carbonyl (C=O) groups excluding carboxylic acids is 3. The molecular formula is C21H29N3O4. The first-order valence-corrected chi connectivity index (χ1v) is 9.97. The molecule has 1 N–H and O–H groups in total. The van der Waals surface area contributed by atoms with Crippen molar-refractivity contribution >= 4 is 17.7 Å². The normalized spacial score (nSPS) is 18.8. The van der Waals surface area contributed by atoms with Gasteiger partial charge in [-0.05, 0) is 51.7 Å². The minimum Gasteiger partial charge on any atom is -0.466 e. The molecule has 0 aliphatic carbocycles. The standard InChI is InChI=1S/C21H29N3O4/c1-4-19(25)23-9-5-16(6-10-23)21(27)24-11-7-17(8-12-24)22-20(26)18-13-14(2)28-15(18)3/h4,13,16-17H,1,5-12H2,2-3H3,(H,22,26).